The van der Waals surface area contributed by atoms with E-state index in [1.807, 2.05) is 42.5 Å². The lowest BCUT2D eigenvalue weighted by Crippen LogP contribution is -2.00. The number of fused-ring (bicyclic) bond motifs is 6. The molecule has 0 fully saturated rings. The average Bonchev–Trinajstić information content (AvgIpc) is 3.69. The second-order valence-electron chi connectivity index (χ2n) is 12.3. The Bertz CT molecular complexity index is 2850. The zero-order valence-corrected chi connectivity index (χ0v) is 26.7. The monoisotopic (exact) mass is 635 g/mol. The Hall–Kier alpha value is -7.39. The fourth-order valence-electron chi connectivity index (χ4n) is 7.46. The zero-order chi connectivity index (χ0) is 33.8. The van der Waals surface area contributed by atoms with Gasteiger partial charge in [0.15, 0.2) is 0 Å². The van der Waals surface area contributed by atoms with E-state index in [-0.39, 0.29) is 0 Å². The van der Waals surface area contributed by atoms with Crippen molar-refractivity contribution in [1.82, 2.24) is 9.13 Å². The van der Waals surface area contributed by atoms with Crippen LogP contribution in [0.4, 0.5) is 0 Å². The fourth-order valence-corrected chi connectivity index (χ4v) is 7.46. The molecule has 0 bridgehead atoms. The summed E-state index contributed by atoms with van der Waals surface area (Å²) in [6.07, 6.45) is 0. The predicted molar refractivity (Wildman–Crippen MR) is 200 cm³/mol. The van der Waals surface area contributed by atoms with Crippen molar-refractivity contribution in [2.75, 3.05) is 0 Å². The molecule has 0 aliphatic rings. The highest BCUT2D eigenvalue weighted by Gasteiger charge is 2.20. The first kappa shape index (κ1) is 28.8. The van der Waals surface area contributed by atoms with Gasteiger partial charge in [-0.2, -0.15) is 15.8 Å². The van der Waals surface area contributed by atoms with Gasteiger partial charge in [-0.25, -0.2) is 0 Å². The molecule has 0 aliphatic heterocycles. The molecule has 5 nitrogen and oxygen atoms in total. The molecule has 0 aliphatic carbocycles. The Balaban J connectivity index is 1.24. The molecule has 0 radical (unpaired) electrons. The van der Waals surface area contributed by atoms with Gasteiger partial charge in [-0.05, 0) is 77.9 Å². The molecule has 230 valence electrons. The first-order chi connectivity index (χ1) is 24.7. The van der Waals surface area contributed by atoms with E-state index in [0.29, 0.717) is 16.7 Å². The van der Waals surface area contributed by atoms with Crippen LogP contribution >= 0.6 is 0 Å². The van der Waals surface area contributed by atoms with Crippen LogP contribution in [0.3, 0.4) is 0 Å². The summed E-state index contributed by atoms with van der Waals surface area (Å²) in [5.74, 6) is 0. The highest BCUT2D eigenvalue weighted by molar-refractivity contribution is 6.11. The summed E-state index contributed by atoms with van der Waals surface area (Å²) in [5, 5.41) is 34.2. The number of hydrogen-bond acceptors (Lipinski definition) is 3. The Morgan fingerprint density at radius 1 is 0.360 bits per heavy atom. The van der Waals surface area contributed by atoms with Crippen molar-refractivity contribution in [3.05, 3.63) is 168 Å². The normalized spacial score (nSPS) is 11.1. The summed E-state index contributed by atoms with van der Waals surface area (Å²) < 4.78 is 4.40. The number of nitrogens with zero attached hydrogens (tertiary/aromatic N) is 5. The lowest BCUT2D eigenvalue weighted by Gasteiger charge is -2.16. The quantitative estimate of drug-likeness (QED) is 0.193. The van der Waals surface area contributed by atoms with Gasteiger partial charge in [0.25, 0.3) is 0 Å². The van der Waals surface area contributed by atoms with E-state index in [0.717, 1.165) is 66.5 Å². The number of hydrogen-bond donors (Lipinski definition) is 0. The van der Waals surface area contributed by atoms with Crippen LogP contribution in [0.15, 0.2) is 152 Å². The third-order valence-electron chi connectivity index (χ3n) is 9.63. The molecule has 0 unspecified atom stereocenters. The SMILES string of the molecule is N#Cc1ccc2c(c1)c1cc(C#N)ccc1n2-c1cccc(-c2cccc(-c3ccccc3-n3c4ccccc4c4ccccc43)c2)c1C#N. The standard InChI is InChI=1S/C45H25N5/c46-26-29-19-21-44-37(23-29)38-24-30(27-47)20-22-45(38)50(44)43-18-8-14-33(39(43)28-48)31-9-7-10-32(25-31)34-11-1-4-15-40(34)49-41-16-5-2-12-35(41)36-13-3-6-17-42(36)49/h1-25H. The van der Waals surface area contributed by atoms with Gasteiger partial charge in [0.2, 0.25) is 0 Å². The van der Waals surface area contributed by atoms with Crippen molar-refractivity contribution in [3.8, 4) is 51.8 Å². The summed E-state index contributed by atoms with van der Waals surface area (Å²) in [6.45, 7) is 0. The molecule has 0 atom stereocenters. The maximum absolute atomic E-state index is 10.8. The van der Waals surface area contributed by atoms with Crippen LogP contribution < -0.4 is 0 Å². The summed E-state index contributed by atoms with van der Waals surface area (Å²) in [5.41, 5.74) is 11.3. The van der Waals surface area contributed by atoms with Crippen molar-refractivity contribution in [2.45, 2.75) is 0 Å². The van der Waals surface area contributed by atoms with Crippen molar-refractivity contribution in [3.63, 3.8) is 0 Å². The molecule has 2 aromatic heterocycles. The van der Waals surface area contributed by atoms with Gasteiger partial charge >= 0.3 is 0 Å². The minimum atomic E-state index is 0.533. The number of nitriles is 3. The van der Waals surface area contributed by atoms with Gasteiger partial charge in [0, 0.05) is 32.7 Å². The number of aromatic nitrogens is 2. The van der Waals surface area contributed by atoms with Gasteiger partial charge in [-0.3, -0.25) is 0 Å². The van der Waals surface area contributed by atoms with Gasteiger partial charge < -0.3 is 9.13 Å². The molecular weight excluding hydrogens is 611 g/mol. The molecule has 0 spiro atoms. The van der Waals surface area contributed by atoms with Crippen LogP contribution in [0.1, 0.15) is 16.7 Å². The highest BCUT2D eigenvalue weighted by atomic mass is 15.0. The minimum absolute atomic E-state index is 0.533. The first-order valence-electron chi connectivity index (χ1n) is 16.3. The molecule has 9 aromatic rings. The Morgan fingerprint density at radius 2 is 0.840 bits per heavy atom. The maximum Gasteiger partial charge on any atom is 0.102 e. The van der Waals surface area contributed by atoms with Crippen LogP contribution in [0, 0.1) is 34.0 Å². The summed E-state index contributed by atoms with van der Waals surface area (Å²) in [4.78, 5) is 0. The molecule has 5 heteroatoms. The molecular formula is C45H25N5. The van der Waals surface area contributed by atoms with E-state index in [9.17, 15) is 15.8 Å². The van der Waals surface area contributed by atoms with Gasteiger partial charge in [0.1, 0.15) is 6.07 Å². The van der Waals surface area contributed by atoms with Crippen LogP contribution in [0.2, 0.25) is 0 Å². The maximum atomic E-state index is 10.8. The van der Waals surface area contributed by atoms with E-state index in [1.165, 1.54) is 10.8 Å². The third-order valence-corrected chi connectivity index (χ3v) is 9.63. The predicted octanol–water partition coefficient (Wildman–Crippen LogP) is 10.8. The topological polar surface area (TPSA) is 81.2 Å². The smallest absolute Gasteiger partial charge is 0.102 e. The summed E-state index contributed by atoms with van der Waals surface area (Å²) in [6, 6.07) is 57.9. The van der Waals surface area contributed by atoms with Crippen LogP contribution in [0.5, 0.6) is 0 Å². The Morgan fingerprint density at radius 3 is 1.46 bits per heavy atom. The number of rotatable bonds is 4. The Labute approximate surface area is 287 Å². The second kappa shape index (κ2) is 11.4. The van der Waals surface area contributed by atoms with E-state index >= 15 is 0 Å². The zero-order valence-electron chi connectivity index (χ0n) is 26.7. The summed E-state index contributed by atoms with van der Waals surface area (Å²) >= 11 is 0. The third kappa shape index (κ3) is 4.31. The summed E-state index contributed by atoms with van der Waals surface area (Å²) in [7, 11) is 0. The molecule has 0 saturated heterocycles. The molecule has 9 rings (SSSR count). The van der Waals surface area contributed by atoms with Gasteiger partial charge in [-0.1, -0.05) is 84.9 Å². The molecule has 0 saturated carbocycles. The Kier molecular flexibility index (Phi) is 6.56. The fraction of sp³-hybridized carbons (Fsp3) is 0. The van der Waals surface area contributed by atoms with Crippen molar-refractivity contribution >= 4 is 43.6 Å². The van der Waals surface area contributed by atoms with Crippen molar-refractivity contribution < 1.29 is 0 Å². The van der Waals surface area contributed by atoms with Crippen LogP contribution in [0.25, 0.3) is 77.2 Å². The lowest BCUT2D eigenvalue weighted by atomic mass is 9.94. The molecule has 0 N–H and O–H groups in total. The van der Waals surface area contributed by atoms with Crippen LogP contribution in [-0.4, -0.2) is 9.13 Å². The van der Waals surface area contributed by atoms with E-state index < -0.39 is 0 Å². The minimum Gasteiger partial charge on any atom is -0.309 e. The number of benzene rings is 7. The van der Waals surface area contributed by atoms with E-state index in [1.54, 1.807) is 12.1 Å². The molecule has 0 amide bonds. The van der Waals surface area contributed by atoms with Crippen molar-refractivity contribution in [1.29, 1.82) is 15.8 Å². The van der Waals surface area contributed by atoms with E-state index in [2.05, 4.69) is 124 Å². The lowest BCUT2D eigenvalue weighted by molar-refractivity contribution is 1.17. The highest BCUT2D eigenvalue weighted by Crippen LogP contribution is 2.39. The number of para-hydroxylation sites is 3. The first-order valence-corrected chi connectivity index (χ1v) is 16.3. The van der Waals surface area contributed by atoms with Gasteiger partial charge in [-0.15, -0.1) is 0 Å². The average molecular weight is 636 g/mol. The van der Waals surface area contributed by atoms with Gasteiger partial charge in [0.05, 0.1) is 62.3 Å². The van der Waals surface area contributed by atoms with Crippen LogP contribution in [-0.2, 0) is 0 Å². The van der Waals surface area contributed by atoms with E-state index in [4.69, 9.17) is 0 Å². The molecule has 2 heterocycles. The second-order valence-corrected chi connectivity index (χ2v) is 12.3. The molecule has 7 aromatic carbocycles. The largest absolute Gasteiger partial charge is 0.309 e. The molecule has 50 heavy (non-hydrogen) atoms. The van der Waals surface area contributed by atoms with Crippen molar-refractivity contribution in [2.24, 2.45) is 0 Å².